The van der Waals surface area contributed by atoms with Crippen molar-refractivity contribution in [2.24, 2.45) is 0 Å². The summed E-state index contributed by atoms with van der Waals surface area (Å²) in [6.07, 6.45) is 3.22. The molecule has 2 N–H and O–H groups in total. The van der Waals surface area contributed by atoms with E-state index in [0.29, 0.717) is 17.8 Å². The molecule has 0 heterocycles. The van der Waals surface area contributed by atoms with Crippen molar-refractivity contribution in [2.45, 2.75) is 6.54 Å². The van der Waals surface area contributed by atoms with Crippen LogP contribution in [-0.2, 0) is 11.3 Å². The van der Waals surface area contributed by atoms with Gasteiger partial charge in [0.1, 0.15) is 0 Å². The molecule has 0 saturated heterocycles. The SMILES string of the molecule is CN(Cc1ccccc1)C(=O)c1cccc(NC(=S)NC(=O)/C=C/c2cccc3ccccc23)c1. The van der Waals surface area contributed by atoms with Crippen molar-refractivity contribution in [2.75, 3.05) is 12.4 Å². The van der Waals surface area contributed by atoms with Gasteiger partial charge in [0.25, 0.3) is 5.91 Å². The molecule has 0 aliphatic heterocycles. The number of hydrogen-bond acceptors (Lipinski definition) is 3. The van der Waals surface area contributed by atoms with Crippen LogP contribution >= 0.6 is 12.2 Å². The number of benzene rings is 4. The number of anilines is 1. The van der Waals surface area contributed by atoms with Gasteiger partial charge in [-0.25, -0.2) is 0 Å². The summed E-state index contributed by atoms with van der Waals surface area (Å²) in [6, 6.07) is 30.8. The largest absolute Gasteiger partial charge is 0.337 e. The standard InChI is InChI=1S/C29H25N3O2S/c1-32(20-21-9-3-2-4-10-21)28(34)24-14-8-15-25(19-24)30-29(35)31-27(33)18-17-23-13-7-12-22-11-5-6-16-26(22)23/h2-19H,20H2,1H3,(H2,30,31,33,35)/b18-17+. The van der Waals surface area contributed by atoms with E-state index < -0.39 is 0 Å². The number of nitrogens with one attached hydrogen (secondary N) is 2. The summed E-state index contributed by atoms with van der Waals surface area (Å²) >= 11 is 5.30. The Bertz CT molecular complexity index is 1390. The number of rotatable bonds is 6. The van der Waals surface area contributed by atoms with Crippen LogP contribution in [-0.4, -0.2) is 28.9 Å². The van der Waals surface area contributed by atoms with Gasteiger partial charge in [-0.1, -0.05) is 78.9 Å². The van der Waals surface area contributed by atoms with Crippen LogP contribution < -0.4 is 10.6 Å². The number of hydrogen-bond donors (Lipinski definition) is 2. The fourth-order valence-electron chi connectivity index (χ4n) is 3.76. The van der Waals surface area contributed by atoms with Gasteiger partial charge in [-0.2, -0.15) is 0 Å². The summed E-state index contributed by atoms with van der Waals surface area (Å²) in [5.41, 5.74) is 3.15. The fraction of sp³-hybridized carbons (Fsp3) is 0.0690. The van der Waals surface area contributed by atoms with Gasteiger partial charge < -0.3 is 10.2 Å². The third-order valence-electron chi connectivity index (χ3n) is 5.45. The normalized spacial score (nSPS) is 10.8. The highest BCUT2D eigenvalue weighted by Crippen LogP contribution is 2.19. The van der Waals surface area contributed by atoms with E-state index >= 15 is 0 Å². The van der Waals surface area contributed by atoms with Gasteiger partial charge >= 0.3 is 0 Å². The maximum Gasteiger partial charge on any atom is 0.253 e. The third kappa shape index (κ3) is 6.40. The van der Waals surface area contributed by atoms with Crippen molar-refractivity contribution >= 4 is 51.7 Å². The molecule has 6 heteroatoms. The highest BCUT2D eigenvalue weighted by Gasteiger charge is 2.13. The average Bonchev–Trinajstić information content (AvgIpc) is 2.87. The zero-order valence-corrected chi connectivity index (χ0v) is 20.1. The molecule has 0 radical (unpaired) electrons. The molecule has 0 spiro atoms. The highest BCUT2D eigenvalue weighted by atomic mass is 32.1. The molecule has 4 aromatic carbocycles. The van der Waals surface area contributed by atoms with Crippen LogP contribution in [0.5, 0.6) is 0 Å². The number of carbonyl (C=O) groups excluding carboxylic acids is 2. The smallest absolute Gasteiger partial charge is 0.253 e. The quantitative estimate of drug-likeness (QED) is 0.278. The Balaban J connectivity index is 1.35. The Hall–Kier alpha value is -4.29. The lowest BCUT2D eigenvalue weighted by Crippen LogP contribution is -2.33. The maximum absolute atomic E-state index is 12.9. The molecule has 174 valence electrons. The minimum Gasteiger partial charge on any atom is -0.337 e. The van der Waals surface area contributed by atoms with E-state index in [4.69, 9.17) is 12.2 Å². The first-order valence-electron chi connectivity index (χ1n) is 11.2. The van der Waals surface area contributed by atoms with Gasteiger partial charge in [0.15, 0.2) is 5.11 Å². The zero-order valence-electron chi connectivity index (χ0n) is 19.3. The number of carbonyl (C=O) groups is 2. The van der Waals surface area contributed by atoms with E-state index in [1.54, 1.807) is 42.3 Å². The summed E-state index contributed by atoms with van der Waals surface area (Å²) < 4.78 is 0. The lowest BCUT2D eigenvalue weighted by molar-refractivity contribution is -0.115. The second kappa shape index (κ2) is 11.2. The van der Waals surface area contributed by atoms with Crippen molar-refractivity contribution in [3.63, 3.8) is 0 Å². The van der Waals surface area contributed by atoms with Gasteiger partial charge in [-0.3, -0.25) is 14.9 Å². The van der Waals surface area contributed by atoms with Crippen LogP contribution in [0.15, 0.2) is 103 Å². The number of amides is 2. The van der Waals surface area contributed by atoms with E-state index in [0.717, 1.165) is 21.9 Å². The monoisotopic (exact) mass is 479 g/mol. The summed E-state index contributed by atoms with van der Waals surface area (Å²) in [5, 5.41) is 7.96. The molecule has 4 aromatic rings. The van der Waals surface area contributed by atoms with Crippen LogP contribution in [0.3, 0.4) is 0 Å². The van der Waals surface area contributed by atoms with E-state index in [2.05, 4.69) is 10.6 Å². The lowest BCUT2D eigenvalue weighted by Gasteiger charge is -2.18. The predicted molar refractivity (Wildman–Crippen MR) is 146 cm³/mol. The Morgan fingerprint density at radius 1 is 0.886 bits per heavy atom. The fourth-order valence-corrected chi connectivity index (χ4v) is 3.98. The van der Waals surface area contributed by atoms with Gasteiger partial charge in [0.05, 0.1) is 0 Å². The molecule has 5 nitrogen and oxygen atoms in total. The number of fused-ring (bicyclic) bond motifs is 1. The molecule has 0 aromatic heterocycles. The van der Waals surface area contributed by atoms with E-state index in [1.807, 2.05) is 72.8 Å². The Morgan fingerprint density at radius 3 is 2.43 bits per heavy atom. The third-order valence-corrected chi connectivity index (χ3v) is 5.66. The highest BCUT2D eigenvalue weighted by molar-refractivity contribution is 7.80. The molecule has 0 fully saturated rings. The summed E-state index contributed by atoms with van der Waals surface area (Å²) in [6.45, 7) is 0.509. The van der Waals surface area contributed by atoms with Crippen molar-refractivity contribution in [3.8, 4) is 0 Å². The maximum atomic E-state index is 12.9. The van der Waals surface area contributed by atoms with E-state index in [-0.39, 0.29) is 16.9 Å². The first-order valence-corrected chi connectivity index (χ1v) is 11.6. The first kappa shape index (κ1) is 23.9. The molecule has 0 aliphatic rings. The molecule has 0 atom stereocenters. The summed E-state index contributed by atoms with van der Waals surface area (Å²) in [5.74, 6) is -0.448. The van der Waals surface area contributed by atoms with Gasteiger partial charge in [0, 0.05) is 30.9 Å². The van der Waals surface area contributed by atoms with Crippen LogP contribution in [0.4, 0.5) is 5.69 Å². The molecular formula is C29H25N3O2S. The zero-order chi connectivity index (χ0) is 24.6. The molecule has 35 heavy (non-hydrogen) atoms. The molecule has 4 rings (SSSR count). The topological polar surface area (TPSA) is 61.4 Å². The second-order valence-electron chi connectivity index (χ2n) is 8.07. The van der Waals surface area contributed by atoms with Crippen molar-refractivity contribution in [1.82, 2.24) is 10.2 Å². The summed E-state index contributed by atoms with van der Waals surface area (Å²) in [4.78, 5) is 26.9. The minimum atomic E-state index is -0.342. The second-order valence-corrected chi connectivity index (χ2v) is 8.48. The van der Waals surface area contributed by atoms with Gasteiger partial charge in [-0.15, -0.1) is 0 Å². The lowest BCUT2D eigenvalue weighted by atomic mass is 10.0. The minimum absolute atomic E-state index is 0.106. The Kier molecular flexibility index (Phi) is 7.65. The molecular weight excluding hydrogens is 454 g/mol. The van der Waals surface area contributed by atoms with Gasteiger partial charge in [-0.05, 0) is 58.4 Å². The van der Waals surface area contributed by atoms with Crippen molar-refractivity contribution in [1.29, 1.82) is 0 Å². The van der Waals surface area contributed by atoms with Crippen LogP contribution in [0.1, 0.15) is 21.5 Å². The Labute approximate surface area is 210 Å². The molecule has 0 bridgehead atoms. The first-order chi connectivity index (χ1) is 17.0. The number of nitrogens with zero attached hydrogens (tertiary/aromatic N) is 1. The molecule has 2 amide bonds. The number of thiocarbonyl (C=S) groups is 1. The van der Waals surface area contributed by atoms with E-state index in [1.165, 1.54) is 6.08 Å². The predicted octanol–water partition coefficient (Wildman–Crippen LogP) is 5.64. The van der Waals surface area contributed by atoms with E-state index in [9.17, 15) is 9.59 Å². The van der Waals surface area contributed by atoms with Crippen molar-refractivity contribution in [3.05, 3.63) is 120 Å². The van der Waals surface area contributed by atoms with Crippen molar-refractivity contribution < 1.29 is 9.59 Å². The van der Waals surface area contributed by atoms with Crippen LogP contribution in [0.25, 0.3) is 16.8 Å². The van der Waals surface area contributed by atoms with Crippen LogP contribution in [0, 0.1) is 0 Å². The molecule has 0 aliphatic carbocycles. The Morgan fingerprint density at radius 2 is 1.60 bits per heavy atom. The van der Waals surface area contributed by atoms with Gasteiger partial charge in [0.2, 0.25) is 5.91 Å². The average molecular weight is 480 g/mol. The molecule has 0 unspecified atom stereocenters. The molecule has 0 saturated carbocycles. The van der Waals surface area contributed by atoms with Crippen LogP contribution in [0.2, 0.25) is 0 Å². The summed E-state index contributed by atoms with van der Waals surface area (Å²) in [7, 11) is 1.77.